The Morgan fingerprint density at radius 1 is 1.50 bits per heavy atom. The molecule has 4 heteroatoms. The van der Waals surface area contributed by atoms with E-state index < -0.39 is 5.97 Å². The summed E-state index contributed by atoms with van der Waals surface area (Å²) in [5.41, 5.74) is 1.98. The number of nitrogens with zero attached hydrogens (tertiary/aromatic N) is 1. The van der Waals surface area contributed by atoms with Crippen molar-refractivity contribution in [2.24, 2.45) is 0 Å². The molecule has 0 amide bonds. The number of carbonyl (C=O) groups excluding carboxylic acids is 1. The Morgan fingerprint density at radius 3 is 2.67 bits per heavy atom. The number of pyridine rings is 1. The number of aryl methyl sites for hydroxylation is 2. The Bertz CT molecular complexity index is 292. The van der Waals surface area contributed by atoms with Gasteiger partial charge in [-0.3, -0.25) is 0 Å². The van der Waals surface area contributed by atoms with Crippen LogP contribution in [0.15, 0.2) is 12.1 Å². The summed E-state index contributed by atoms with van der Waals surface area (Å²) in [4.78, 5) is 14.9. The largest absolute Gasteiger partial charge is 0.539 e. The van der Waals surface area contributed by atoms with Crippen LogP contribution >= 0.6 is 0 Å². The Labute approximate surface area is 72.2 Å². The molecule has 3 nitrogen and oxygen atoms in total. The van der Waals surface area contributed by atoms with Gasteiger partial charge in [0.25, 0.3) is 0 Å². The average molecular weight is 161 g/mol. The Balaban J connectivity index is 3.08. The fraction of sp³-hybridized carbons (Fsp3) is 0.250. The molecule has 0 atom stereocenters. The first-order valence-corrected chi connectivity index (χ1v) is 3.50. The van der Waals surface area contributed by atoms with Crippen molar-refractivity contribution in [1.82, 2.24) is 4.98 Å². The molecule has 60 valence electrons. The molecular formula is C8H8BNO2. The van der Waals surface area contributed by atoms with Crippen molar-refractivity contribution in [3.05, 3.63) is 29.1 Å². The fourth-order valence-corrected chi connectivity index (χ4v) is 1.01. The van der Waals surface area contributed by atoms with Crippen molar-refractivity contribution >= 4 is 14.0 Å². The van der Waals surface area contributed by atoms with Gasteiger partial charge < -0.3 is 4.65 Å². The highest BCUT2D eigenvalue weighted by molar-refractivity contribution is 6.08. The SMILES string of the molecule is [B]OC(=O)c1cc(C)cc(C)n1. The first-order valence-electron chi connectivity index (χ1n) is 3.50. The highest BCUT2D eigenvalue weighted by Crippen LogP contribution is 2.04. The lowest BCUT2D eigenvalue weighted by molar-refractivity contribution is 0.0743. The minimum absolute atomic E-state index is 0.245. The zero-order valence-corrected chi connectivity index (χ0v) is 7.00. The Morgan fingerprint density at radius 2 is 2.17 bits per heavy atom. The van der Waals surface area contributed by atoms with Crippen molar-refractivity contribution in [1.29, 1.82) is 0 Å². The van der Waals surface area contributed by atoms with E-state index in [1.54, 1.807) is 13.0 Å². The summed E-state index contributed by atoms with van der Waals surface area (Å²) < 4.78 is 4.04. The first-order chi connectivity index (χ1) is 5.63. The van der Waals surface area contributed by atoms with Gasteiger partial charge in [-0.05, 0) is 31.5 Å². The average Bonchev–Trinajstić information content (AvgIpc) is 2.01. The maximum absolute atomic E-state index is 10.9. The molecule has 1 aromatic rings. The van der Waals surface area contributed by atoms with Gasteiger partial charge in [0.2, 0.25) is 0 Å². The second-order valence-electron chi connectivity index (χ2n) is 2.58. The normalized spacial score (nSPS) is 9.50. The molecule has 0 aliphatic heterocycles. The maximum atomic E-state index is 10.9. The van der Waals surface area contributed by atoms with E-state index in [0.29, 0.717) is 0 Å². The number of hydrogen-bond acceptors (Lipinski definition) is 3. The summed E-state index contributed by atoms with van der Waals surface area (Å²) in [6.45, 7) is 3.68. The van der Waals surface area contributed by atoms with Crippen LogP contribution in [0.25, 0.3) is 0 Å². The van der Waals surface area contributed by atoms with Crippen molar-refractivity contribution in [2.75, 3.05) is 0 Å². The van der Waals surface area contributed by atoms with Crippen molar-refractivity contribution in [3.63, 3.8) is 0 Å². The third-order valence-corrected chi connectivity index (χ3v) is 1.41. The predicted molar refractivity (Wildman–Crippen MR) is 44.9 cm³/mol. The molecule has 1 rings (SSSR count). The van der Waals surface area contributed by atoms with Crippen LogP contribution in [0, 0.1) is 13.8 Å². The highest BCUT2D eigenvalue weighted by Gasteiger charge is 2.06. The van der Waals surface area contributed by atoms with Crippen molar-refractivity contribution in [3.8, 4) is 0 Å². The standard InChI is InChI=1S/C8H8BNO2/c1-5-3-6(2)10-7(4-5)8(11)12-9/h3-4H,1-2H3. The molecule has 1 heterocycles. The number of rotatable bonds is 1. The summed E-state index contributed by atoms with van der Waals surface area (Å²) in [5.74, 6) is -0.609. The van der Waals surface area contributed by atoms with E-state index in [-0.39, 0.29) is 5.69 Å². The smallest absolute Gasteiger partial charge is 0.378 e. The molecule has 0 saturated heterocycles. The van der Waals surface area contributed by atoms with Crippen LogP contribution in [0.3, 0.4) is 0 Å². The Hall–Kier alpha value is -1.32. The molecule has 1 aromatic heterocycles. The van der Waals surface area contributed by atoms with E-state index in [0.717, 1.165) is 11.3 Å². The van der Waals surface area contributed by atoms with Gasteiger partial charge in [0.05, 0.1) is 0 Å². The minimum atomic E-state index is -0.609. The van der Waals surface area contributed by atoms with Crippen LogP contribution in [-0.2, 0) is 4.65 Å². The van der Waals surface area contributed by atoms with Gasteiger partial charge in [0, 0.05) is 5.69 Å². The lowest BCUT2D eigenvalue weighted by Gasteiger charge is -2.01. The molecule has 0 aliphatic carbocycles. The van der Waals surface area contributed by atoms with E-state index >= 15 is 0 Å². The van der Waals surface area contributed by atoms with Crippen LogP contribution in [0.4, 0.5) is 0 Å². The fourth-order valence-electron chi connectivity index (χ4n) is 1.01. The van der Waals surface area contributed by atoms with Crippen LogP contribution in [-0.4, -0.2) is 19.0 Å². The number of carbonyl (C=O) groups is 1. The third-order valence-electron chi connectivity index (χ3n) is 1.41. The third kappa shape index (κ3) is 1.84. The highest BCUT2D eigenvalue weighted by atomic mass is 16.5. The van der Waals surface area contributed by atoms with E-state index in [1.165, 1.54) is 0 Å². The van der Waals surface area contributed by atoms with Gasteiger partial charge in [0.15, 0.2) is 0 Å². The van der Waals surface area contributed by atoms with Crippen molar-refractivity contribution in [2.45, 2.75) is 13.8 Å². The van der Waals surface area contributed by atoms with E-state index in [1.807, 2.05) is 13.0 Å². The monoisotopic (exact) mass is 161 g/mol. The Kier molecular flexibility index (Phi) is 2.48. The number of hydrogen-bond donors (Lipinski definition) is 0. The van der Waals surface area contributed by atoms with Crippen molar-refractivity contribution < 1.29 is 9.45 Å². The second kappa shape index (κ2) is 3.39. The first kappa shape index (κ1) is 8.78. The van der Waals surface area contributed by atoms with Gasteiger partial charge in [-0.15, -0.1) is 0 Å². The number of aromatic nitrogens is 1. The molecule has 0 N–H and O–H groups in total. The molecule has 12 heavy (non-hydrogen) atoms. The zero-order chi connectivity index (χ0) is 9.14. The van der Waals surface area contributed by atoms with E-state index in [4.69, 9.17) is 8.05 Å². The summed E-state index contributed by atoms with van der Waals surface area (Å²) >= 11 is 0. The van der Waals surface area contributed by atoms with Gasteiger partial charge in [-0.1, -0.05) is 0 Å². The van der Waals surface area contributed by atoms with Crippen LogP contribution in [0.1, 0.15) is 21.7 Å². The summed E-state index contributed by atoms with van der Waals surface area (Å²) in [5, 5.41) is 0. The van der Waals surface area contributed by atoms with Gasteiger partial charge in [-0.25, -0.2) is 9.78 Å². The van der Waals surface area contributed by atoms with Gasteiger partial charge in [0.1, 0.15) is 5.69 Å². The zero-order valence-electron chi connectivity index (χ0n) is 7.00. The van der Waals surface area contributed by atoms with Crippen LogP contribution in [0.5, 0.6) is 0 Å². The predicted octanol–water partition coefficient (Wildman–Crippen LogP) is 0.939. The molecular weight excluding hydrogens is 153 g/mol. The van der Waals surface area contributed by atoms with E-state index in [2.05, 4.69) is 9.64 Å². The topological polar surface area (TPSA) is 39.2 Å². The van der Waals surface area contributed by atoms with E-state index in [9.17, 15) is 4.79 Å². The molecule has 0 saturated carbocycles. The van der Waals surface area contributed by atoms with Gasteiger partial charge in [-0.2, -0.15) is 0 Å². The molecule has 0 unspecified atom stereocenters. The lowest BCUT2D eigenvalue weighted by Crippen LogP contribution is -2.06. The second-order valence-corrected chi connectivity index (χ2v) is 2.58. The molecule has 0 aliphatic rings. The molecule has 0 bridgehead atoms. The summed E-state index contributed by atoms with van der Waals surface area (Å²) in [6.07, 6.45) is 0. The van der Waals surface area contributed by atoms with Crippen LogP contribution < -0.4 is 0 Å². The maximum Gasteiger partial charge on any atom is 0.378 e. The molecule has 0 aromatic carbocycles. The molecule has 0 spiro atoms. The van der Waals surface area contributed by atoms with Gasteiger partial charge >= 0.3 is 14.0 Å². The summed E-state index contributed by atoms with van der Waals surface area (Å²) in [6, 6.07) is 3.50. The van der Waals surface area contributed by atoms with Crippen LogP contribution in [0.2, 0.25) is 0 Å². The lowest BCUT2D eigenvalue weighted by atomic mass is 10.2. The molecule has 0 fully saturated rings. The minimum Gasteiger partial charge on any atom is -0.539 e. The quantitative estimate of drug-likeness (QED) is 0.575. The summed E-state index contributed by atoms with van der Waals surface area (Å²) in [7, 11) is 4.71. The molecule has 2 radical (unpaired) electrons.